The summed E-state index contributed by atoms with van der Waals surface area (Å²) in [6.45, 7) is -0.401. The van der Waals surface area contributed by atoms with Gasteiger partial charge in [0.1, 0.15) is 11.5 Å². The van der Waals surface area contributed by atoms with Crippen molar-refractivity contribution < 1.29 is 23.8 Å². The molecule has 0 saturated heterocycles. The lowest BCUT2D eigenvalue weighted by Gasteiger charge is -2.20. The number of thiophene rings is 2. The van der Waals surface area contributed by atoms with Crippen molar-refractivity contribution in [3.8, 4) is 11.5 Å². The van der Waals surface area contributed by atoms with E-state index in [4.69, 9.17) is 14.2 Å². The maximum atomic E-state index is 12.9. The first-order valence-corrected chi connectivity index (χ1v) is 11.9. The second kappa shape index (κ2) is 10.5. The SMILES string of the molecule is COc1ccc(OC)c(/C=C/C(=O)OCC(=O)N2N=C(c3cccs3)CC2c2cccs2)c1. The molecule has 0 aliphatic carbocycles. The molecule has 33 heavy (non-hydrogen) atoms. The summed E-state index contributed by atoms with van der Waals surface area (Å²) in [5, 5.41) is 9.94. The van der Waals surface area contributed by atoms with E-state index < -0.39 is 12.6 Å². The van der Waals surface area contributed by atoms with E-state index >= 15 is 0 Å². The van der Waals surface area contributed by atoms with Crippen LogP contribution in [0.2, 0.25) is 0 Å². The molecule has 1 aliphatic rings. The van der Waals surface area contributed by atoms with Crippen molar-refractivity contribution >= 4 is 46.3 Å². The molecule has 1 aliphatic heterocycles. The predicted molar refractivity (Wildman–Crippen MR) is 129 cm³/mol. The fourth-order valence-electron chi connectivity index (χ4n) is 3.41. The maximum absolute atomic E-state index is 12.9. The Bertz CT molecular complexity index is 1170. The lowest BCUT2D eigenvalue weighted by Crippen LogP contribution is -2.30. The third-order valence-corrected chi connectivity index (χ3v) is 6.91. The number of nitrogens with zero attached hydrogens (tertiary/aromatic N) is 2. The quantitative estimate of drug-likeness (QED) is 0.342. The van der Waals surface area contributed by atoms with Crippen molar-refractivity contribution in [2.45, 2.75) is 12.5 Å². The molecule has 1 unspecified atom stereocenters. The van der Waals surface area contributed by atoms with Gasteiger partial charge in [0.25, 0.3) is 5.91 Å². The normalized spacial score (nSPS) is 15.5. The molecular weight excluding hydrogens is 460 g/mol. The lowest BCUT2D eigenvalue weighted by atomic mass is 10.1. The van der Waals surface area contributed by atoms with E-state index in [9.17, 15) is 9.59 Å². The Hall–Kier alpha value is -3.43. The number of rotatable bonds is 8. The van der Waals surface area contributed by atoms with Crippen molar-refractivity contribution in [3.63, 3.8) is 0 Å². The van der Waals surface area contributed by atoms with E-state index in [0.717, 1.165) is 15.5 Å². The van der Waals surface area contributed by atoms with Crippen LogP contribution in [0, 0.1) is 0 Å². The number of carbonyl (C=O) groups excluding carboxylic acids is 2. The zero-order chi connectivity index (χ0) is 23.2. The molecule has 0 bridgehead atoms. The van der Waals surface area contributed by atoms with E-state index in [-0.39, 0.29) is 11.9 Å². The Morgan fingerprint density at radius 3 is 2.64 bits per heavy atom. The Labute approximate surface area is 199 Å². The smallest absolute Gasteiger partial charge is 0.331 e. The minimum atomic E-state index is -0.637. The number of esters is 1. The molecule has 170 valence electrons. The van der Waals surface area contributed by atoms with Gasteiger partial charge >= 0.3 is 5.97 Å². The van der Waals surface area contributed by atoms with E-state index in [1.54, 1.807) is 61.2 Å². The summed E-state index contributed by atoms with van der Waals surface area (Å²) in [5.41, 5.74) is 1.51. The first-order chi connectivity index (χ1) is 16.1. The van der Waals surface area contributed by atoms with Gasteiger partial charge in [-0.1, -0.05) is 12.1 Å². The molecule has 0 radical (unpaired) electrons. The molecule has 4 rings (SSSR count). The van der Waals surface area contributed by atoms with Gasteiger partial charge in [-0.05, 0) is 47.2 Å². The van der Waals surface area contributed by atoms with Crippen molar-refractivity contribution in [1.29, 1.82) is 0 Å². The highest BCUT2D eigenvalue weighted by Gasteiger charge is 2.34. The van der Waals surface area contributed by atoms with Gasteiger partial charge in [-0.3, -0.25) is 4.79 Å². The first-order valence-electron chi connectivity index (χ1n) is 10.1. The van der Waals surface area contributed by atoms with Crippen LogP contribution in [0.4, 0.5) is 0 Å². The highest BCUT2D eigenvalue weighted by molar-refractivity contribution is 7.12. The summed E-state index contributed by atoms with van der Waals surface area (Å²) in [5.74, 6) is 0.206. The van der Waals surface area contributed by atoms with Gasteiger partial charge in [0.05, 0.1) is 30.9 Å². The summed E-state index contributed by atoms with van der Waals surface area (Å²) in [6.07, 6.45) is 3.44. The molecule has 3 heterocycles. The van der Waals surface area contributed by atoms with Crippen LogP contribution in [0.5, 0.6) is 11.5 Å². The molecule has 0 spiro atoms. The topological polar surface area (TPSA) is 77.4 Å². The van der Waals surface area contributed by atoms with Crippen LogP contribution < -0.4 is 9.47 Å². The summed E-state index contributed by atoms with van der Waals surface area (Å²) in [6, 6.07) is 12.9. The largest absolute Gasteiger partial charge is 0.497 e. The van der Waals surface area contributed by atoms with Crippen molar-refractivity contribution in [3.05, 3.63) is 74.6 Å². The van der Waals surface area contributed by atoms with Gasteiger partial charge in [0.2, 0.25) is 0 Å². The Morgan fingerprint density at radius 2 is 1.94 bits per heavy atom. The van der Waals surface area contributed by atoms with Gasteiger partial charge in [-0.25, -0.2) is 9.80 Å². The minimum absolute atomic E-state index is 0.204. The van der Waals surface area contributed by atoms with Crippen LogP contribution in [0.3, 0.4) is 0 Å². The molecule has 0 saturated carbocycles. The van der Waals surface area contributed by atoms with Gasteiger partial charge in [0.15, 0.2) is 6.61 Å². The number of methoxy groups -OCH3 is 2. The van der Waals surface area contributed by atoms with Gasteiger partial charge in [0, 0.05) is 22.9 Å². The van der Waals surface area contributed by atoms with Gasteiger partial charge in [-0.2, -0.15) is 5.10 Å². The number of amides is 1. The second-order valence-electron chi connectivity index (χ2n) is 7.05. The van der Waals surface area contributed by atoms with Gasteiger partial charge in [-0.15, -0.1) is 22.7 Å². The molecule has 3 aromatic rings. The van der Waals surface area contributed by atoms with Crippen LogP contribution in [-0.2, 0) is 14.3 Å². The zero-order valence-electron chi connectivity index (χ0n) is 18.1. The van der Waals surface area contributed by atoms with Crippen molar-refractivity contribution in [1.82, 2.24) is 5.01 Å². The fraction of sp³-hybridized carbons (Fsp3) is 0.208. The first kappa shape index (κ1) is 22.8. The van der Waals surface area contributed by atoms with E-state index in [1.807, 2.05) is 35.0 Å². The molecule has 0 fully saturated rings. The Morgan fingerprint density at radius 1 is 1.12 bits per heavy atom. The van der Waals surface area contributed by atoms with Crippen molar-refractivity contribution in [2.24, 2.45) is 5.10 Å². The second-order valence-corrected chi connectivity index (χ2v) is 8.97. The highest BCUT2D eigenvalue weighted by atomic mass is 32.1. The fourth-order valence-corrected chi connectivity index (χ4v) is 4.94. The summed E-state index contributed by atoms with van der Waals surface area (Å²) in [7, 11) is 3.10. The summed E-state index contributed by atoms with van der Waals surface area (Å²) in [4.78, 5) is 27.2. The number of hydrogen-bond donors (Lipinski definition) is 0. The van der Waals surface area contributed by atoms with Crippen molar-refractivity contribution in [2.75, 3.05) is 20.8 Å². The maximum Gasteiger partial charge on any atom is 0.331 e. The van der Waals surface area contributed by atoms with E-state index in [2.05, 4.69) is 5.10 Å². The Balaban J connectivity index is 1.42. The monoisotopic (exact) mass is 482 g/mol. The van der Waals surface area contributed by atoms with Crippen LogP contribution in [0.1, 0.15) is 27.8 Å². The number of hydrogen-bond acceptors (Lipinski definition) is 8. The van der Waals surface area contributed by atoms with Crippen LogP contribution >= 0.6 is 22.7 Å². The Kier molecular flexibility index (Phi) is 7.21. The average molecular weight is 483 g/mol. The molecule has 0 N–H and O–H groups in total. The standard InChI is InChI=1S/C24H22N2O5S2/c1-29-17-8-9-20(30-2)16(13-17)7-10-24(28)31-15-23(27)26-19(22-6-4-12-33-22)14-18(25-26)21-5-3-11-32-21/h3-13,19H,14-15H2,1-2H3/b10-7+. The molecule has 2 aromatic heterocycles. The summed E-state index contributed by atoms with van der Waals surface area (Å²) >= 11 is 3.15. The minimum Gasteiger partial charge on any atom is -0.497 e. The average Bonchev–Trinajstić information content (AvgIpc) is 3.61. The number of carbonyl (C=O) groups is 2. The predicted octanol–water partition coefficient (Wildman–Crippen LogP) is 4.76. The molecule has 7 nitrogen and oxygen atoms in total. The molecule has 9 heteroatoms. The van der Waals surface area contributed by atoms with Gasteiger partial charge < -0.3 is 14.2 Å². The third kappa shape index (κ3) is 5.32. The number of benzene rings is 1. The van der Waals surface area contributed by atoms with Crippen LogP contribution in [0.25, 0.3) is 6.08 Å². The molecule has 1 amide bonds. The number of hydrazone groups is 1. The lowest BCUT2D eigenvalue weighted by molar-refractivity contribution is -0.149. The summed E-state index contributed by atoms with van der Waals surface area (Å²) < 4.78 is 15.7. The van der Waals surface area contributed by atoms with Crippen LogP contribution in [-0.4, -0.2) is 43.4 Å². The third-order valence-electron chi connectivity index (χ3n) is 5.02. The zero-order valence-corrected chi connectivity index (χ0v) is 19.7. The highest BCUT2D eigenvalue weighted by Crippen LogP contribution is 2.36. The molecule has 1 atom stereocenters. The van der Waals surface area contributed by atoms with Crippen LogP contribution in [0.15, 0.2) is 64.4 Å². The number of ether oxygens (including phenoxy) is 3. The molecule has 1 aromatic carbocycles. The van der Waals surface area contributed by atoms with E-state index in [1.165, 1.54) is 11.1 Å². The van der Waals surface area contributed by atoms with E-state index in [0.29, 0.717) is 23.5 Å². The molecular formula is C24H22N2O5S2.